The lowest BCUT2D eigenvalue weighted by Crippen LogP contribution is -2.03. The van der Waals surface area contributed by atoms with Gasteiger partial charge in [-0.3, -0.25) is 14.2 Å². The van der Waals surface area contributed by atoms with Gasteiger partial charge in [-0.05, 0) is 60.7 Å². The summed E-state index contributed by atoms with van der Waals surface area (Å²) in [7, 11) is 0. The van der Waals surface area contributed by atoms with Gasteiger partial charge >= 0.3 is 0 Å². The molecular weight excluding hydrogens is 506 g/mol. The third-order valence-electron chi connectivity index (χ3n) is 5.82. The Balaban J connectivity index is 1.52. The Labute approximate surface area is 212 Å². The molecule has 0 bridgehead atoms. The minimum absolute atomic E-state index is 0.0411. The van der Waals surface area contributed by atoms with Crippen LogP contribution in [0, 0.1) is 5.82 Å². The summed E-state index contributed by atoms with van der Waals surface area (Å²) in [6.07, 6.45) is 1.59. The van der Waals surface area contributed by atoms with E-state index in [1.165, 1.54) is 35.6 Å². The van der Waals surface area contributed by atoms with Gasteiger partial charge in [-0.2, -0.15) is 0 Å². The van der Waals surface area contributed by atoms with E-state index >= 15 is 0 Å². The molecule has 8 heteroatoms. The molecule has 1 aliphatic rings. The molecule has 5 aromatic rings. The molecule has 2 heterocycles. The van der Waals surface area contributed by atoms with Crippen molar-refractivity contribution in [2.75, 3.05) is 0 Å². The van der Waals surface area contributed by atoms with E-state index in [0.717, 1.165) is 21.0 Å². The van der Waals surface area contributed by atoms with E-state index in [0.29, 0.717) is 11.3 Å². The van der Waals surface area contributed by atoms with Crippen LogP contribution in [0.25, 0.3) is 32.7 Å². The molecule has 170 valence electrons. The van der Waals surface area contributed by atoms with Gasteiger partial charge in [0.1, 0.15) is 10.8 Å². The lowest BCUT2D eigenvalue weighted by molar-refractivity contribution is 0.0990. The summed E-state index contributed by atoms with van der Waals surface area (Å²) in [5, 5.41) is 1.18. The molecule has 0 saturated carbocycles. The fraction of sp³-hybridized carbons (Fsp3) is 0. The lowest BCUT2D eigenvalue weighted by atomic mass is 10.1. The number of carbonyl (C=O) groups is 2. The second-order valence-corrected chi connectivity index (χ2v) is 9.83. The molecule has 35 heavy (non-hydrogen) atoms. The molecule has 0 spiro atoms. The van der Waals surface area contributed by atoms with E-state index in [2.05, 4.69) is 0 Å². The second kappa shape index (κ2) is 8.27. The number of Topliss-reactive ketones (excluding diaryl/α,β-unsaturated/α-hetero) is 2. The lowest BCUT2D eigenvalue weighted by Gasteiger charge is -2.07. The van der Waals surface area contributed by atoms with Crippen LogP contribution in [-0.4, -0.2) is 21.1 Å². The van der Waals surface area contributed by atoms with Crippen LogP contribution in [0.3, 0.4) is 0 Å². The number of para-hydroxylation sites is 1. The number of carbonyl (C=O) groups excluding carboxylic acids is 2. The number of ketones is 2. The topological polar surface area (TPSA) is 52.0 Å². The van der Waals surface area contributed by atoms with Gasteiger partial charge in [0, 0.05) is 22.4 Å². The number of benzene rings is 3. The van der Waals surface area contributed by atoms with Crippen molar-refractivity contribution < 1.29 is 14.0 Å². The number of hydrogen-bond donors (Lipinski definition) is 0. The molecule has 2 aromatic heterocycles. The fourth-order valence-electron chi connectivity index (χ4n) is 4.16. The van der Waals surface area contributed by atoms with Crippen molar-refractivity contribution >= 4 is 62.5 Å². The Bertz CT molecular complexity index is 1660. The van der Waals surface area contributed by atoms with Crippen molar-refractivity contribution in [1.29, 1.82) is 0 Å². The molecule has 0 aliphatic heterocycles. The zero-order chi connectivity index (χ0) is 24.3. The molecule has 6 rings (SSSR count). The van der Waals surface area contributed by atoms with Crippen LogP contribution in [0.2, 0.25) is 10.0 Å². The predicted octanol–water partition coefficient (Wildman–Crippen LogP) is 7.66. The Kier molecular flexibility index (Phi) is 5.18. The monoisotopic (exact) mass is 518 g/mol. The summed E-state index contributed by atoms with van der Waals surface area (Å²) >= 11 is 13.6. The largest absolute Gasteiger partial charge is 0.294 e. The summed E-state index contributed by atoms with van der Waals surface area (Å²) in [6.45, 7) is 0. The Hall–Kier alpha value is -3.58. The van der Waals surface area contributed by atoms with Crippen LogP contribution in [-0.2, 0) is 0 Å². The van der Waals surface area contributed by atoms with E-state index < -0.39 is 11.6 Å². The molecule has 4 nitrogen and oxygen atoms in total. The van der Waals surface area contributed by atoms with Crippen LogP contribution in [0.5, 0.6) is 0 Å². The smallest absolute Gasteiger partial charge is 0.197 e. The van der Waals surface area contributed by atoms with Crippen molar-refractivity contribution in [2.24, 2.45) is 0 Å². The van der Waals surface area contributed by atoms with Gasteiger partial charge in [-0.1, -0.05) is 41.4 Å². The number of aromatic nitrogens is 2. The highest BCUT2D eigenvalue weighted by Gasteiger charge is 2.34. The quantitative estimate of drug-likeness (QED) is 0.182. The number of fused-ring (bicyclic) bond motifs is 2. The van der Waals surface area contributed by atoms with Crippen LogP contribution in [0.15, 0.2) is 78.4 Å². The van der Waals surface area contributed by atoms with Crippen LogP contribution >= 0.6 is 34.5 Å². The molecule has 0 atom stereocenters. The third kappa shape index (κ3) is 3.62. The molecule has 0 radical (unpaired) electrons. The highest BCUT2D eigenvalue weighted by Crippen LogP contribution is 2.37. The normalized spacial score (nSPS) is 13.1. The third-order valence-corrected chi connectivity index (χ3v) is 7.58. The molecule has 3 aromatic carbocycles. The van der Waals surface area contributed by atoms with Crippen molar-refractivity contribution in [2.45, 2.75) is 0 Å². The van der Waals surface area contributed by atoms with E-state index in [4.69, 9.17) is 28.2 Å². The molecular formula is C27H13Cl2FN2O2S. The van der Waals surface area contributed by atoms with E-state index in [1.54, 1.807) is 18.2 Å². The van der Waals surface area contributed by atoms with Crippen molar-refractivity contribution in [3.05, 3.63) is 111 Å². The molecule has 0 saturated heterocycles. The number of nitrogens with zero attached hydrogens (tertiary/aromatic N) is 2. The van der Waals surface area contributed by atoms with Crippen LogP contribution < -0.4 is 0 Å². The number of rotatable bonds is 3. The summed E-state index contributed by atoms with van der Waals surface area (Å²) in [4.78, 5) is 31.0. The Morgan fingerprint density at radius 3 is 2.11 bits per heavy atom. The summed E-state index contributed by atoms with van der Waals surface area (Å²) in [6, 6.07) is 20.5. The van der Waals surface area contributed by atoms with E-state index in [9.17, 15) is 14.0 Å². The van der Waals surface area contributed by atoms with Gasteiger partial charge < -0.3 is 0 Å². The maximum Gasteiger partial charge on any atom is 0.197 e. The predicted molar refractivity (Wildman–Crippen MR) is 137 cm³/mol. The fourth-order valence-corrected chi connectivity index (χ4v) is 5.49. The van der Waals surface area contributed by atoms with Gasteiger partial charge in [-0.25, -0.2) is 9.37 Å². The van der Waals surface area contributed by atoms with E-state index in [1.807, 2.05) is 41.0 Å². The highest BCUT2D eigenvalue weighted by molar-refractivity contribution is 7.21. The molecule has 0 amide bonds. The van der Waals surface area contributed by atoms with Crippen molar-refractivity contribution in [1.82, 2.24) is 9.55 Å². The van der Waals surface area contributed by atoms with Crippen LogP contribution in [0.4, 0.5) is 4.39 Å². The maximum absolute atomic E-state index is 13.4. The minimum Gasteiger partial charge on any atom is -0.294 e. The summed E-state index contributed by atoms with van der Waals surface area (Å²) in [5.74, 6) is -1.10. The van der Waals surface area contributed by atoms with Gasteiger partial charge in [0.25, 0.3) is 0 Å². The maximum atomic E-state index is 13.4. The number of allylic oxidation sites excluding steroid dienone is 1. The standard InChI is InChI=1S/C27H13Cl2FN2O2S/c28-21-12-18-19(13-22(21)29)25(34)20(24(18)33)10-17-11-23-26(32(17)16-4-2-1-3-5-16)31-27(35-23)14-6-8-15(30)9-7-14/h1-13H. The van der Waals surface area contributed by atoms with Crippen molar-refractivity contribution in [3.63, 3.8) is 0 Å². The van der Waals surface area contributed by atoms with Gasteiger partial charge in [0.2, 0.25) is 0 Å². The first-order valence-electron chi connectivity index (χ1n) is 10.5. The summed E-state index contributed by atoms with van der Waals surface area (Å²) in [5.41, 5.74) is 3.47. The molecule has 0 fully saturated rings. The summed E-state index contributed by atoms with van der Waals surface area (Å²) < 4.78 is 16.1. The van der Waals surface area contributed by atoms with Gasteiger partial charge in [0.05, 0.1) is 26.0 Å². The van der Waals surface area contributed by atoms with Crippen LogP contribution in [0.1, 0.15) is 26.4 Å². The number of thiazole rings is 1. The SMILES string of the molecule is O=C1C(=Cc2cc3sc(-c4ccc(F)cc4)nc3n2-c2ccccc2)C(=O)c2cc(Cl)c(Cl)cc21. The van der Waals surface area contributed by atoms with Gasteiger partial charge in [-0.15, -0.1) is 11.3 Å². The zero-order valence-corrected chi connectivity index (χ0v) is 20.1. The highest BCUT2D eigenvalue weighted by atomic mass is 35.5. The first-order valence-corrected chi connectivity index (χ1v) is 12.1. The molecule has 1 aliphatic carbocycles. The number of halogens is 3. The number of hydrogen-bond acceptors (Lipinski definition) is 4. The zero-order valence-electron chi connectivity index (χ0n) is 17.8. The van der Waals surface area contributed by atoms with Crippen molar-refractivity contribution in [3.8, 4) is 16.3 Å². The Morgan fingerprint density at radius 1 is 0.857 bits per heavy atom. The Morgan fingerprint density at radius 2 is 1.49 bits per heavy atom. The first-order chi connectivity index (χ1) is 16.9. The molecule has 0 unspecified atom stereocenters. The average molecular weight is 519 g/mol. The second-order valence-electron chi connectivity index (χ2n) is 7.98. The minimum atomic E-state index is -0.396. The van der Waals surface area contributed by atoms with Gasteiger partial charge in [0.15, 0.2) is 17.2 Å². The first kappa shape index (κ1) is 21.9. The molecule has 0 N–H and O–H groups in total. The van der Waals surface area contributed by atoms with E-state index in [-0.39, 0.29) is 32.6 Å². The average Bonchev–Trinajstić information content (AvgIpc) is 3.47.